The van der Waals surface area contributed by atoms with E-state index in [9.17, 15) is 14.0 Å². The Morgan fingerprint density at radius 3 is 2.67 bits per heavy atom. The summed E-state index contributed by atoms with van der Waals surface area (Å²) in [5.74, 6) is 0.296. The van der Waals surface area contributed by atoms with Crippen LogP contribution in [-0.2, 0) is 17.0 Å². The molecule has 0 spiro atoms. The SMILES string of the molecule is O=C(Cc1cc(=O)[nH]c(SCc2ccc(F)cc2)n1)N1CCCC1. The van der Waals surface area contributed by atoms with Gasteiger partial charge in [0.2, 0.25) is 5.91 Å². The van der Waals surface area contributed by atoms with Gasteiger partial charge in [0.1, 0.15) is 5.82 Å². The highest BCUT2D eigenvalue weighted by molar-refractivity contribution is 7.98. The van der Waals surface area contributed by atoms with Gasteiger partial charge in [-0.25, -0.2) is 9.37 Å². The largest absolute Gasteiger partial charge is 0.342 e. The van der Waals surface area contributed by atoms with Crippen LogP contribution < -0.4 is 5.56 Å². The van der Waals surface area contributed by atoms with Crippen LogP contribution in [0.2, 0.25) is 0 Å². The Kier molecular flexibility index (Phi) is 5.30. The highest BCUT2D eigenvalue weighted by Crippen LogP contribution is 2.19. The lowest BCUT2D eigenvalue weighted by atomic mass is 10.2. The molecule has 0 saturated carbocycles. The van der Waals surface area contributed by atoms with Crippen molar-refractivity contribution in [2.24, 2.45) is 0 Å². The smallest absolute Gasteiger partial charge is 0.251 e. The van der Waals surface area contributed by atoms with Crippen molar-refractivity contribution in [3.8, 4) is 0 Å². The number of carbonyl (C=O) groups is 1. The van der Waals surface area contributed by atoms with Crippen LogP contribution in [0.4, 0.5) is 4.39 Å². The van der Waals surface area contributed by atoms with Crippen LogP contribution in [0.25, 0.3) is 0 Å². The summed E-state index contributed by atoms with van der Waals surface area (Å²) >= 11 is 1.35. The minimum absolute atomic E-state index is 0.0140. The van der Waals surface area contributed by atoms with Gasteiger partial charge in [-0.2, -0.15) is 0 Å². The van der Waals surface area contributed by atoms with E-state index in [-0.39, 0.29) is 23.7 Å². The first kappa shape index (κ1) is 16.7. The second-order valence-corrected chi connectivity index (χ2v) is 6.69. The van der Waals surface area contributed by atoms with Gasteiger partial charge in [-0.3, -0.25) is 9.59 Å². The Labute approximate surface area is 143 Å². The lowest BCUT2D eigenvalue weighted by molar-refractivity contribution is -0.129. The summed E-state index contributed by atoms with van der Waals surface area (Å²) in [6.45, 7) is 1.57. The third-order valence-electron chi connectivity index (χ3n) is 3.85. The molecule has 1 aromatic heterocycles. The normalized spacial score (nSPS) is 14.1. The second-order valence-electron chi connectivity index (χ2n) is 5.72. The van der Waals surface area contributed by atoms with Crippen LogP contribution in [0, 0.1) is 5.82 Å². The number of likely N-dealkylation sites (tertiary alicyclic amines) is 1. The minimum atomic E-state index is -0.280. The molecular weight excluding hydrogens is 329 g/mol. The van der Waals surface area contributed by atoms with Crippen molar-refractivity contribution in [2.45, 2.75) is 30.2 Å². The first-order valence-electron chi connectivity index (χ1n) is 7.85. The van der Waals surface area contributed by atoms with Gasteiger partial charge in [-0.15, -0.1) is 0 Å². The van der Waals surface area contributed by atoms with E-state index in [0.29, 0.717) is 16.6 Å². The molecule has 1 aliphatic heterocycles. The molecule has 5 nitrogen and oxygen atoms in total. The lowest BCUT2D eigenvalue weighted by Crippen LogP contribution is -2.29. The Balaban J connectivity index is 1.65. The Morgan fingerprint density at radius 1 is 1.25 bits per heavy atom. The predicted octanol–water partition coefficient (Wildman–Crippen LogP) is 2.37. The fourth-order valence-electron chi connectivity index (χ4n) is 2.61. The molecule has 126 valence electrons. The zero-order valence-corrected chi connectivity index (χ0v) is 13.9. The maximum absolute atomic E-state index is 12.9. The van der Waals surface area contributed by atoms with Gasteiger partial charge in [-0.05, 0) is 30.5 Å². The summed E-state index contributed by atoms with van der Waals surface area (Å²) in [7, 11) is 0. The van der Waals surface area contributed by atoms with E-state index in [2.05, 4.69) is 9.97 Å². The maximum Gasteiger partial charge on any atom is 0.251 e. The number of hydrogen-bond donors (Lipinski definition) is 1. The van der Waals surface area contributed by atoms with E-state index in [1.807, 2.05) is 4.90 Å². The number of amides is 1. The molecule has 3 rings (SSSR count). The number of nitrogens with zero attached hydrogens (tertiary/aromatic N) is 2. The molecule has 0 bridgehead atoms. The highest BCUT2D eigenvalue weighted by Gasteiger charge is 2.19. The van der Waals surface area contributed by atoms with Crippen molar-refractivity contribution < 1.29 is 9.18 Å². The number of thioether (sulfide) groups is 1. The van der Waals surface area contributed by atoms with Crippen LogP contribution in [0.3, 0.4) is 0 Å². The molecule has 1 aromatic carbocycles. The molecule has 0 aliphatic carbocycles. The molecular formula is C17H18FN3O2S. The topological polar surface area (TPSA) is 66.1 Å². The molecule has 2 heterocycles. The van der Waals surface area contributed by atoms with Crippen molar-refractivity contribution in [1.29, 1.82) is 0 Å². The van der Waals surface area contributed by atoms with Crippen LogP contribution in [0.15, 0.2) is 40.3 Å². The average molecular weight is 347 g/mol. The Bertz CT molecular complexity index is 770. The van der Waals surface area contributed by atoms with Crippen molar-refractivity contribution in [3.05, 3.63) is 57.8 Å². The molecule has 1 saturated heterocycles. The van der Waals surface area contributed by atoms with Crippen LogP contribution in [0.1, 0.15) is 24.1 Å². The first-order chi connectivity index (χ1) is 11.6. The number of nitrogens with one attached hydrogen (secondary N) is 1. The fraction of sp³-hybridized carbons (Fsp3) is 0.353. The number of H-pyrrole nitrogens is 1. The van der Waals surface area contributed by atoms with Gasteiger partial charge in [0.15, 0.2) is 5.16 Å². The van der Waals surface area contributed by atoms with E-state index in [1.54, 1.807) is 12.1 Å². The summed E-state index contributed by atoms with van der Waals surface area (Å²) in [6, 6.07) is 7.56. The Morgan fingerprint density at radius 2 is 1.96 bits per heavy atom. The summed E-state index contributed by atoms with van der Waals surface area (Å²) < 4.78 is 12.9. The molecule has 0 radical (unpaired) electrons. The molecule has 1 aliphatic rings. The number of halogens is 1. The van der Waals surface area contributed by atoms with Crippen molar-refractivity contribution in [3.63, 3.8) is 0 Å². The summed E-state index contributed by atoms with van der Waals surface area (Å²) in [5.41, 5.74) is 1.15. The van der Waals surface area contributed by atoms with Crippen LogP contribution in [0.5, 0.6) is 0 Å². The van der Waals surface area contributed by atoms with E-state index in [4.69, 9.17) is 0 Å². The van der Waals surface area contributed by atoms with Gasteiger partial charge in [0, 0.05) is 24.9 Å². The van der Waals surface area contributed by atoms with Gasteiger partial charge in [0.25, 0.3) is 5.56 Å². The summed E-state index contributed by atoms with van der Waals surface area (Å²) in [5, 5.41) is 0.469. The third-order valence-corrected chi connectivity index (χ3v) is 4.80. The molecule has 1 amide bonds. The highest BCUT2D eigenvalue weighted by atomic mass is 32.2. The second kappa shape index (κ2) is 7.61. The number of aromatic amines is 1. The molecule has 1 fully saturated rings. The van der Waals surface area contributed by atoms with Crippen LogP contribution in [-0.4, -0.2) is 33.9 Å². The number of rotatable bonds is 5. The molecule has 2 aromatic rings. The monoisotopic (exact) mass is 347 g/mol. The van der Waals surface area contributed by atoms with E-state index in [1.165, 1.54) is 30.0 Å². The van der Waals surface area contributed by atoms with Gasteiger partial charge >= 0.3 is 0 Å². The zero-order valence-electron chi connectivity index (χ0n) is 13.1. The van der Waals surface area contributed by atoms with E-state index in [0.717, 1.165) is 31.5 Å². The van der Waals surface area contributed by atoms with Gasteiger partial charge < -0.3 is 9.88 Å². The van der Waals surface area contributed by atoms with Gasteiger partial charge in [-0.1, -0.05) is 23.9 Å². The third kappa shape index (κ3) is 4.44. The molecule has 24 heavy (non-hydrogen) atoms. The fourth-order valence-corrected chi connectivity index (χ4v) is 3.46. The van der Waals surface area contributed by atoms with Crippen molar-refractivity contribution in [1.82, 2.24) is 14.9 Å². The van der Waals surface area contributed by atoms with Crippen LogP contribution >= 0.6 is 11.8 Å². The number of benzene rings is 1. The van der Waals surface area contributed by atoms with Crippen molar-refractivity contribution >= 4 is 17.7 Å². The van der Waals surface area contributed by atoms with Gasteiger partial charge in [0.05, 0.1) is 12.1 Å². The summed E-state index contributed by atoms with van der Waals surface area (Å²) in [4.78, 5) is 32.8. The average Bonchev–Trinajstić information content (AvgIpc) is 3.08. The number of aromatic nitrogens is 2. The summed E-state index contributed by atoms with van der Waals surface area (Å²) in [6.07, 6.45) is 2.22. The van der Waals surface area contributed by atoms with E-state index >= 15 is 0 Å². The quantitative estimate of drug-likeness (QED) is 0.666. The number of carbonyl (C=O) groups excluding carboxylic acids is 1. The predicted molar refractivity (Wildman–Crippen MR) is 90.3 cm³/mol. The lowest BCUT2D eigenvalue weighted by Gasteiger charge is -2.14. The molecule has 0 unspecified atom stereocenters. The zero-order chi connectivity index (χ0) is 16.9. The Hall–Kier alpha value is -2.15. The van der Waals surface area contributed by atoms with E-state index < -0.39 is 0 Å². The molecule has 7 heteroatoms. The maximum atomic E-state index is 12.9. The standard InChI is InChI=1S/C17H18FN3O2S/c18-13-5-3-12(4-6-13)11-24-17-19-14(9-15(22)20-17)10-16(23)21-7-1-2-8-21/h3-6,9H,1-2,7-8,10-11H2,(H,19,20,22). The first-order valence-corrected chi connectivity index (χ1v) is 8.84. The minimum Gasteiger partial charge on any atom is -0.342 e. The molecule has 1 N–H and O–H groups in total. The number of hydrogen-bond acceptors (Lipinski definition) is 4. The van der Waals surface area contributed by atoms with Crippen molar-refractivity contribution in [2.75, 3.05) is 13.1 Å². The molecule has 0 atom stereocenters.